The van der Waals surface area contributed by atoms with Crippen LogP contribution in [0.15, 0.2) is 42.5 Å². The van der Waals surface area contributed by atoms with Crippen molar-refractivity contribution in [3.8, 4) is 5.75 Å². The Labute approximate surface area is 147 Å². The molecule has 4 nitrogen and oxygen atoms in total. The fraction of sp³-hybridized carbons (Fsp3) is 0.316. The first kappa shape index (κ1) is 16.7. The Bertz CT molecular complexity index is 829. The number of ether oxygens (including phenoxy) is 1. The van der Waals surface area contributed by atoms with E-state index in [-0.39, 0.29) is 0 Å². The molecule has 5 heteroatoms. The van der Waals surface area contributed by atoms with Gasteiger partial charge in [0.25, 0.3) is 0 Å². The largest absolute Gasteiger partial charge is 0.492 e. The third-order valence-corrected chi connectivity index (χ3v) is 4.30. The minimum absolute atomic E-state index is 0.569. The van der Waals surface area contributed by atoms with E-state index in [1.807, 2.05) is 30.3 Å². The van der Waals surface area contributed by atoms with Crippen LogP contribution in [0.5, 0.6) is 5.75 Å². The van der Waals surface area contributed by atoms with Gasteiger partial charge in [0.2, 0.25) is 5.95 Å². The van der Waals surface area contributed by atoms with Crippen LogP contribution in [0.3, 0.4) is 0 Å². The topological polar surface area (TPSA) is 53.1 Å². The summed E-state index contributed by atoms with van der Waals surface area (Å²) in [6.07, 6.45) is 2.87. The lowest BCUT2D eigenvalue weighted by molar-refractivity contribution is 0.317. The molecule has 24 heavy (non-hydrogen) atoms. The van der Waals surface area contributed by atoms with E-state index in [4.69, 9.17) is 22.1 Å². The summed E-state index contributed by atoms with van der Waals surface area (Å²) in [5.41, 5.74) is 9.29. The summed E-state index contributed by atoms with van der Waals surface area (Å²) in [4.78, 5) is 4.40. The molecule has 0 fully saturated rings. The van der Waals surface area contributed by atoms with E-state index >= 15 is 0 Å². The zero-order chi connectivity index (χ0) is 16.9. The minimum Gasteiger partial charge on any atom is -0.492 e. The van der Waals surface area contributed by atoms with E-state index in [1.54, 1.807) is 0 Å². The average Bonchev–Trinajstić information content (AvgIpc) is 2.91. The first-order valence-electron chi connectivity index (χ1n) is 8.31. The summed E-state index contributed by atoms with van der Waals surface area (Å²) in [7, 11) is 0. The molecular weight excluding hydrogens is 322 g/mol. The van der Waals surface area contributed by atoms with Gasteiger partial charge >= 0.3 is 0 Å². The molecule has 0 saturated carbocycles. The number of imidazole rings is 1. The van der Waals surface area contributed by atoms with Gasteiger partial charge in [-0.25, -0.2) is 4.98 Å². The first-order chi connectivity index (χ1) is 11.7. The molecule has 1 heterocycles. The molecule has 0 radical (unpaired) electrons. The molecule has 0 atom stereocenters. The van der Waals surface area contributed by atoms with Crippen molar-refractivity contribution in [3.63, 3.8) is 0 Å². The van der Waals surface area contributed by atoms with E-state index in [9.17, 15) is 0 Å². The molecule has 0 saturated heterocycles. The summed E-state index contributed by atoms with van der Waals surface area (Å²) < 4.78 is 7.76. The fourth-order valence-electron chi connectivity index (χ4n) is 2.80. The van der Waals surface area contributed by atoms with Gasteiger partial charge in [-0.1, -0.05) is 36.7 Å². The van der Waals surface area contributed by atoms with Crippen LogP contribution >= 0.6 is 11.6 Å². The summed E-state index contributed by atoms with van der Waals surface area (Å²) in [5.74, 6) is 1.34. The number of anilines is 1. The number of para-hydroxylation sites is 2. The molecule has 126 valence electrons. The maximum Gasteiger partial charge on any atom is 0.201 e. The monoisotopic (exact) mass is 343 g/mol. The van der Waals surface area contributed by atoms with Crippen LogP contribution in [0.4, 0.5) is 5.95 Å². The van der Waals surface area contributed by atoms with Gasteiger partial charge in [0.1, 0.15) is 5.75 Å². The van der Waals surface area contributed by atoms with Crippen LogP contribution < -0.4 is 10.5 Å². The SMILES string of the molecule is CCCOc1cc(CCCn2c(N)nc3ccccc32)ccc1Cl. The summed E-state index contributed by atoms with van der Waals surface area (Å²) in [6, 6.07) is 14.0. The number of nitrogen functional groups attached to an aromatic ring is 1. The van der Waals surface area contributed by atoms with Crippen LogP contribution in [0, 0.1) is 0 Å². The first-order valence-corrected chi connectivity index (χ1v) is 8.69. The van der Waals surface area contributed by atoms with Gasteiger partial charge in [0.15, 0.2) is 0 Å². The Morgan fingerprint density at radius 1 is 1.21 bits per heavy atom. The molecule has 0 amide bonds. The second-order valence-corrected chi connectivity index (χ2v) is 6.23. The Morgan fingerprint density at radius 3 is 2.88 bits per heavy atom. The number of fused-ring (bicyclic) bond motifs is 1. The normalized spacial score (nSPS) is 11.1. The highest BCUT2D eigenvalue weighted by molar-refractivity contribution is 6.32. The lowest BCUT2D eigenvalue weighted by atomic mass is 10.1. The Morgan fingerprint density at radius 2 is 2.04 bits per heavy atom. The maximum absolute atomic E-state index is 6.18. The molecule has 0 unspecified atom stereocenters. The van der Waals surface area contributed by atoms with Gasteiger partial charge in [0, 0.05) is 6.54 Å². The quantitative estimate of drug-likeness (QED) is 0.676. The lowest BCUT2D eigenvalue weighted by Crippen LogP contribution is -2.04. The molecule has 2 aromatic carbocycles. The third kappa shape index (κ3) is 3.65. The smallest absolute Gasteiger partial charge is 0.201 e. The van der Waals surface area contributed by atoms with Gasteiger partial charge in [-0.2, -0.15) is 0 Å². The number of aryl methyl sites for hydroxylation is 2. The van der Waals surface area contributed by atoms with E-state index in [0.29, 0.717) is 17.6 Å². The third-order valence-electron chi connectivity index (χ3n) is 3.99. The molecule has 0 spiro atoms. The Hall–Kier alpha value is -2.20. The number of halogens is 1. The number of aromatic nitrogens is 2. The van der Waals surface area contributed by atoms with Gasteiger partial charge in [0.05, 0.1) is 22.7 Å². The molecule has 2 N–H and O–H groups in total. The number of hydrogen-bond donors (Lipinski definition) is 1. The van der Waals surface area contributed by atoms with Gasteiger partial charge < -0.3 is 15.0 Å². The second kappa shape index (κ2) is 7.58. The molecule has 0 aliphatic rings. The molecule has 3 rings (SSSR count). The summed E-state index contributed by atoms with van der Waals surface area (Å²) in [6.45, 7) is 3.60. The number of benzene rings is 2. The standard InChI is InChI=1S/C19H22ClN3O/c1-2-12-24-18-13-14(9-10-15(18)20)6-5-11-23-17-8-4-3-7-16(17)22-19(23)21/h3-4,7-10,13H,2,5-6,11-12H2,1H3,(H2,21,22). The van der Waals surface area contributed by atoms with Crippen LogP contribution in [0.2, 0.25) is 5.02 Å². The van der Waals surface area contributed by atoms with Crippen LogP contribution in [-0.4, -0.2) is 16.2 Å². The van der Waals surface area contributed by atoms with Crippen molar-refractivity contribution in [2.24, 2.45) is 0 Å². The maximum atomic E-state index is 6.18. The van der Waals surface area contributed by atoms with Crippen molar-refractivity contribution in [1.82, 2.24) is 9.55 Å². The minimum atomic E-state index is 0.569. The number of rotatable bonds is 7. The van der Waals surface area contributed by atoms with E-state index in [0.717, 1.165) is 42.6 Å². The molecule has 0 bridgehead atoms. The number of nitrogens with two attached hydrogens (primary N) is 1. The van der Waals surface area contributed by atoms with Crippen molar-refractivity contribution in [3.05, 3.63) is 53.1 Å². The number of nitrogens with zero attached hydrogens (tertiary/aromatic N) is 2. The zero-order valence-electron chi connectivity index (χ0n) is 13.8. The predicted molar refractivity (Wildman–Crippen MR) is 99.7 cm³/mol. The van der Waals surface area contributed by atoms with Crippen molar-refractivity contribution in [1.29, 1.82) is 0 Å². The van der Waals surface area contributed by atoms with Crippen LogP contribution in [-0.2, 0) is 13.0 Å². The van der Waals surface area contributed by atoms with E-state index in [1.165, 1.54) is 5.56 Å². The summed E-state index contributed by atoms with van der Waals surface area (Å²) >= 11 is 6.18. The highest BCUT2D eigenvalue weighted by atomic mass is 35.5. The summed E-state index contributed by atoms with van der Waals surface area (Å²) in [5, 5.41) is 0.664. The van der Waals surface area contributed by atoms with Crippen molar-refractivity contribution in [2.75, 3.05) is 12.3 Å². The van der Waals surface area contributed by atoms with Crippen molar-refractivity contribution in [2.45, 2.75) is 32.7 Å². The molecular formula is C19H22ClN3O. The lowest BCUT2D eigenvalue weighted by Gasteiger charge is -2.10. The fourth-order valence-corrected chi connectivity index (χ4v) is 2.97. The highest BCUT2D eigenvalue weighted by Gasteiger charge is 2.08. The van der Waals surface area contributed by atoms with Crippen molar-refractivity contribution < 1.29 is 4.74 Å². The molecule has 3 aromatic rings. The van der Waals surface area contributed by atoms with E-state index < -0.39 is 0 Å². The van der Waals surface area contributed by atoms with Gasteiger partial charge in [-0.15, -0.1) is 0 Å². The second-order valence-electron chi connectivity index (χ2n) is 5.83. The molecule has 0 aliphatic carbocycles. The van der Waals surface area contributed by atoms with Crippen LogP contribution in [0.1, 0.15) is 25.3 Å². The molecule has 1 aromatic heterocycles. The average molecular weight is 344 g/mol. The van der Waals surface area contributed by atoms with Gasteiger partial charge in [-0.3, -0.25) is 0 Å². The predicted octanol–water partition coefficient (Wildman–Crippen LogP) is 4.69. The van der Waals surface area contributed by atoms with Crippen molar-refractivity contribution >= 4 is 28.6 Å². The van der Waals surface area contributed by atoms with Crippen LogP contribution in [0.25, 0.3) is 11.0 Å². The number of hydrogen-bond acceptors (Lipinski definition) is 3. The van der Waals surface area contributed by atoms with Gasteiger partial charge in [-0.05, 0) is 49.1 Å². The Kier molecular flexibility index (Phi) is 5.26. The Balaban J connectivity index is 1.66. The zero-order valence-corrected chi connectivity index (χ0v) is 14.6. The molecule has 0 aliphatic heterocycles. The van der Waals surface area contributed by atoms with E-state index in [2.05, 4.69) is 28.6 Å². The highest BCUT2D eigenvalue weighted by Crippen LogP contribution is 2.26.